The van der Waals surface area contributed by atoms with Crippen LogP contribution in [0.1, 0.15) is 123 Å². The molecule has 0 aliphatic heterocycles. The minimum absolute atomic E-state index is 0.00481. The van der Waals surface area contributed by atoms with Gasteiger partial charge in [-0.3, -0.25) is 18.6 Å². The Morgan fingerprint density at radius 1 is 0.590 bits per heavy atom. The van der Waals surface area contributed by atoms with Crippen molar-refractivity contribution in [2.45, 2.75) is 135 Å². The van der Waals surface area contributed by atoms with Crippen molar-refractivity contribution >= 4 is 19.8 Å². The number of carbonyl (C=O) groups excluding carboxylic acids is 2. The molecule has 1 unspecified atom stereocenters. The summed E-state index contributed by atoms with van der Waals surface area (Å²) in [5, 5.41) is 9.83. The van der Waals surface area contributed by atoms with Gasteiger partial charge in [0.05, 0.1) is 33.9 Å². The third-order valence-electron chi connectivity index (χ3n) is 8.56. The molecular weight excluding hydrogens is 790 g/mol. The highest BCUT2D eigenvalue weighted by atomic mass is 31.2. The molecule has 0 aromatic heterocycles. The Hall–Kier alpha value is -3.63. The molecule has 0 rings (SSSR count). The van der Waals surface area contributed by atoms with Gasteiger partial charge in [0.25, 0.3) is 0 Å². The van der Waals surface area contributed by atoms with Crippen LogP contribution in [0.4, 0.5) is 0 Å². The summed E-state index contributed by atoms with van der Waals surface area (Å²) in [6.07, 6.45) is 53.2. The summed E-state index contributed by atoms with van der Waals surface area (Å²) < 4.78 is 34.1. The van der Waals surface area contributed by atoms with Crippen molar-refractivity contribution in [1.29, 1.82) is 0 Å². The number of ether oxygens (including phenoxy) is 2. The second-order valence-electron chi connectivity index (χ2n) is 15.5. The van der Waals surface area contributed by atoms with Crippen molar-refractivity contribution in [2.24, 2.45) is 0 Å². The summed E-state index contributed by atoms with van der Waals surface area (Å²) in [4.78, 5) is 35.3. The number of nitrogens with zero attached hydrogens (tertiary/aromatic N) is 1. The highest BCUT2D eigenvalue weighted by molar-refractivity contribution is 7.47. The standard InChI is InChI=1S/C50H80NO9P/c1-6-8-10-11-12-13-14-15-16-17-18-19-20-21-26-29-32-35-38-42-50(54)60-48(46-59-61(55,56)58-44-43-51(3,4)5)45-57-49(53)41-37-34-31-28-25-23-22-24-27-30-33-36-40-47(52)39-9-7-2/h8,10,12-13,15-16,18-19,21-23,26-28,30-32,35-36,40,47-48,52H,6-7,9,11,14,17,20,24-25,29,33-34,37-39,41-46H2,1-5H3/p+1/b10-8-,13-12-,16-15-,19-18-,23-22-,26-21-,30-27-,31-28-,35-32-,40-36-/t47-,48+/m0/s1. The maximum atomic E-state index is 12.7. The second-order valence-corrected chi connectivity index (χ2v) is 17.0. The molecule has 0 saturated carbocycles. The molecule has 11 heteroatoms. The topological polar surface area (TPSA) is 129 Å². The summed E-state index contributed by atoms with van der Waals surface area (Å²) in [6, 6.07) is 0. The van der Waals surface area contributed by atoms with E-state index in [-0.39, 0.29) is 32.2 Å². The normalized spacial score (nSPS) is 15.2. The molecule has 0 aromatic rings. The van der Waals surface area contributed by atoms with E-state index in [1.807, 2.05) is 51.5 Å². The summed E-state index contributed by atoms with van der Waals surface area (Å²) in [5.74, 6) is -1.00. The van der Waals surface area contributed by atoms with Gasteiger partial charge in [0.15, 0.2) is 6.10 Å². The Balaban J connectivity index is 4.63. The van der Waals surface area contributed by atoms with Crippen molar-refractivity contribution in [2.75, 3.05) is 47.5 Å². The van der Waals surface area contributed by atoms with Gasteiger partial charge in [-0.1, -0.05) is 148 Å². The average Bonchev–Trinajstić information content (AvgIpc) is 3.21. The minimum Gasteiger partial charge on any atom is -0.462 e. The highest BCUT2D eigenvalue weighted by Crippen LogP contribution is 2.43. The zero-order valence-electron chi connectivity index (χ0n) is 38.2. The Morgan fingerprint density at radius 3 is 1.56 bits per heavy atom. The third kappa shape index (κ3) is 44.2. The fourth-order valence-corrected chi connectivity index (χ4v) is 5.79. The number of aliphatic hydroxyl groups is 1. The zero-order chi connectivity index (χ0) is 45.1. The van der Waals surface area contributed by atoms with E-state index in [4.69, 9.17) is 18.5 Å². The lowest BCUT2D eigenvalue weighted by molar-refractivity contribution is -0.870. The summed E-state index contributed by atoms with van der Waals surface area (Å²) >= 11 is 0. The van der Waals surface area contributed by atoms with Gasteiger partial charge in [0, 0.05) is 12.8 Å². The number of esters is 2. The number of aliphatic hydroxyl groups excluding tert-OH is 1. The van der Waals surface area contributed by atoms with Crippen molar-refractivity contribution in [3.05, 3.63) is 122 Å². The quantitative estimate of drug-likeness (QED) is 0.0205. The molecular formula is C50H81NO9P+. The number of likely N-dealkylation sites (N-methyl/N-ethyl adjacent to an activating group) is 1. The fraction of sp³-hybridized carbons (Fsp3) is 0.560. The SMILES string of the molecule is CC/C=C\C/C=C\C/C=C\C/C=C\C/C=C\C/C=C\CCC(=O)O[C@H](COC(=O)CCC/C=C\C/C=C\C/C=C\C/C=C\[C@@H](O)CCCC)COP(=O)(O)OCC[N+](C)(C)C. The minimum atomic E-state index is -4.43. The summed E-state index contributed by atoms with van der Waals surface area (Å²) in [7, 11) is 1.35. The molecule has 344 valence electrons. The summed E-state index contributed by atoms with van der Waals surface area (Å²) in [6.45, 7) is 3.95. The fourth-order valence-electron chi connectivity index (χ4n) is 5.05. The van der Waals surface area contributed by atoms with Crippen molar-refractivity contribution in [1.82, 2.24) is 0 Å². The molecule has 0 aromatic carbocycles. The first-order chi connectivity index (χ1) is 29.4. The van der Waals surface area contributed by atoms with Crippen LogP contribution in [-0.2, 0) is 32.7 Å². The number of hydrogen-bond acceptors (Lipinski definition) is 8. The molecule has 0 aliphatic rings. The molecule has 0 bridgehead atoms. The molecule has 0 fully saturated rings. The third-order valence-corrected chi connectivity index (χ3v) is 9.54. The lowest BCUT2D eigenvalue weighted by atomic mass is 10.1. The summed E-state index contributed by atoms with van der Waals surface area (Å²) in [5.41, 5.74) is 0. The Bertz CT molecular complexity index is 1460. The number of unbranched alkanes of at least 4 members (excludes halogenated alkanes) is 2. The molecule has 10 nitrogen and oxygen atoms in total. The molecule has 0 heterocycles. The van der Waals surface area contributed by atoms with Crippen LogP contribution in [0.5, 0.6) is 0 Å². The van der Waals surface area contributed by atoms with Crippen LogP contribution in [0.25, 0.3) is 0 Å². The van der Waals surface area contributed by atoms with Crippen molar-refractivity contribution in [3.8, 4) is 0 Å². The first-order valence-electron chi connectivity index (χ1n) is 22.4. The smallest absolute Gasteiger partial charge is 0.462 e. The van der Waals surface area contributed by atoms with E-state index in [0.29, 0.717) is 30.3 Å². The van der Waals surface area contributed by atoms with Crippen molar-refractivity contribution in [3.63, 3.8) is 0 Å². The molecule has 0 spiro atoms. The van der Waals surface area contributed by atoms with Gasteiger partial charge in [0.2, 0.25) is 0 Å². The van der Waals surface area contributed by atoms with Gasteiger partial charge in [-0.05, 0) is 83.5 Å². The van der Waals surface area contributed by atoms with E-state index < -0.39 is 32.5 Å². The van der Waals surface area contributed by atoms with E-state index in [1.165, 1.54) is 0 Å². The van der Waals surface area contributed by atoms with Crippen molar-refractivity contribution < 1.29 is 47.2 Å². The van der Waals surface area contributed by atoms with Crippen LogP contribution in [-0.4, -0.2) is 86.1 Å². The molecule has 3 atom stereocenters. The van der Waals surface area contributed by atoms with Gasteiger partial charge >= 0.3 is 19.8 Å². The Morgan fingerprint density at radius 2 is 1.07 bits per heavy atom. The van der Waals surface area contributed by atoms with Gasteiger partial charge in [-0.2, -0.15) is 0 Å². The van der Waals surface area contributed by atoms with Gasteiger partial charge in [-0.15, -0.1) is 0 Å². The monoisotopic (exact) mass is 871 g/mol. The van der Waals surface area contributed by atoms with E-state index in [2.05, 4.69) is 105 Å². The van der Waals surface area contributed by atoms with Crippen LogP contribution in [0.15, 0.2) is 122 Å². The van der Waals surface area contributed by atoms with Gasteiger partial charge in [0.1, 0.15) is 19.8 Å². The Labute approximate surface area is 370 Å². The van der Waals surface area contributed by atoms with Gasteiger partial charge < -0.3 is 24.0 Å². The number of quaternary nitrogens is 1. The number of phosphoric acid groups is 1. The largest absolute Gasteiger partial charge is 0.472 e. The van der Waals surface area contributed by atoms with E-state index in [0.717, 1.165) is 77.0 Å². The lowest BCUT2D eigenvalue weighted by Crippen LogP contribution is -2.37. The molecule has 0 aliphatic carbocycles. The maximum Gasteiger partial charge on any atom is 0.472 e. The number of hydrogen-bond donors (Lipinski definition) is 2. The van der Waals surface area contributed by atoms with Crippen LogP contribution in [0, 0.1) is 0 Å². The lowest BCUT2D eigenvalue weighted by Gasteiger charge is -2.24. The second kappa shape index (κ2) is 40.4. The van der Waals surface area contributed by atoms with E-state index >= 15 is 0 Å². The number of phosphoric ester groups is 1. The number of carbonyl (C=O) groups is 2. The van der Waals surface area contributed by atoms with E-state index in [9.17, 15) is 24.2 Å². The van der Waals surface area contributed by atoms with Crippen LogP contribution in [0.2, 0.25) is 0 Å². The number of allylic oxidation sites excluding steroid dienone is 19. The average molecular weight is 871 g/mol. The molecule has 61 heavy (non-hydrogen) atoms. The zero-order valence-corrected chi connectivity index (χ0v) is 39.1. The van der Waals surface area contributed by atoms with Crippen LogP contribution in [0.3, 0.4) is 0 Å². The van der Waals surface area contributed by atoms with Crippen LogP contribution < -0.4 is 0 Å². The van der Waals surface area contributed by atoms with Gasteiger partial charge in [-0.25, -0.2) is 4.57 Å². The maximum absolute atomic E-state index is 12.7. The first kappa shape index (κ1) is 57.4. The Kier molecular flexibility index (Phi) is 38.0. The molecule has 0 saturated heterocycles. The molecule has 0 radical (unpaired) electrons. The predicted molar refractivity (Wildman–Crippen MR) is 253 cm³/mol. The van der Waals surface area contributed by atoms with Crippen LogP contribution >= 0.6 is 7.82 Å². The number of rotatable bonds is 38. The molecule has 0 amide bonds. The first-order valence-corrected chi connectivity index (χ1v) is 23.8. The van der Waals surface area contributed by atoms with E-state index in [1.54, 1.807) is 0 Å². The predicted octanol–water partition coefficient (Wildman–Crippen LogP) is 11.9. The highest BCUT2D eigenvalue weighted by Gasteiger charge is 2.27. The molecule has 2 N–H and O–H groups in total.